The third-order valence-corrected chi connectivity index (χ3v) is 5.40. The summed E-state index contributed by atoms with van der Waals surface area (Å²) in [6.07, 6.45) is -2.53. The van der Waals surface area contributed by atoms with Crippen LogP contribution >= 0.6 is 23.2 Å². The molecule has 0 unspecified atom stereocenters. The van der Waals surface area contributed by atoms with E-state index in [9.17, 15) is 22.8 Å². The van der Waals surface area contributed by atoms with Crippen molar-refractivity contribution in [2.75, 3.05) is 5.32 Å². The van der Waals surface area contributed by atoms with Crippen LogP contribution in [-0.2, 0) is 12.7 Å². The Hall–Kier alpha value is -3.97. The van der Waals surface area contributed by atoms with Gasteiger partial charge in [-0.25, -0.2) is 14.3 Å². The van der Waals surface area contributed by atoms with E-state index >= 15 is 0 Å². The van der Waals surface area contributed by atoms with Gasteiger partial charge in [-0.1, -0.05) is 28.4 Å². The van der Waals surface area contributed by atoms with Crippen LogP contribution in [0.25, 0.3) is 5.82 Å². The molecule has 15 heteroatoms. The van der Waals surface area contributed by atoms with Crippen LogP contribution in [0.3, 0.4) is 0 Å². The van der Waals surface area contributed by atoms with Crippen LogP contribution in [0.2, 0.25) is 10.0 Å². The van der Waals surface area contributed by atoms with Crippen LogP contribution in [0.1, 0.15) is 37.8 Å². The standard InChI is InChI=1S/C21H15Cl2F3N8O2/c1-10-5-11(22)6-13(18(27)35)17(10)29-20(36)15-7-12(8-33-9-16(30-32-33)21(24,25)26)31-34(15)19-14(23)3-2-4-28-19/h2-7,9H,8H2,1H3,(H2,27,35)(H,29,36). The first kappa shape index (κ1) is 25.1. The van der Waals surface area contributed by atoms with E-state index in [0.717, 1.165) is 9.36 Å². The molecule has 0 saturated heterocycles. The number of halogens is 5. The number of nitrogens with two attached hydrogens (primary N) is 1. The van der Waals surface area contributed by atoms with Crippen LogP contribution in [0.5, 0.6) is 0 Å². The highest BCUT2D eigenvalue weighted by Crippen LogP contribution is 2.28. The predicted octanol–water partition coefficient (Wildman–Crippen LogP) is 3.89. The summed E-state index contributed by atoms with van der Waals surface area (Å²) < 4.78 is 40.7. The first-order valence-corrected chi connectivity index (χ1v) is 10.8. The second-order valence-electron chi connectivity index (χ2n) is 7.50. The van der Waals surface area contributed by atoms with Crippen LogP contribution in [0, 0.1) is 6.92 Å². The fraction of sp³-hybridized carbons (Fsp3) is 0.143. The van der Waals surface area contributed by atoms with Gasteiger partial charge in [0.2, 0.25) is 0 Å². The van der Waals surface area contributed by atoms with Gasteiger partial charge in [0.05, 0.1) is 34.7 Å². The van der Waals surface area contributed by atoms with E-state index in [0.29, 0.717) is 11.8 Å². The average Bonchev–Trinajstić information content (AvgIpc) is 3.43. The SMILES string of the molecule is Cc1cc(Cl)cc(C(N)=O)c1NC(=O)c1cc(Cn2cc(C(F)(F)F)nn2)nn1-c1ncccc1Cl. The largest absolute Gasteiger partial charge is 0.436 e. The van der Waals surface area contributed by atoms with Gasteiger partial charge in [-0.15, -0.1) is 5.10 Å². The highest BCUT2D eigenvalue weighted by atomic mass is 35.5. The number of primary amides is 1. The molecule has 0 aliphatic carbocycles. The van der Waals surface area contributed by atoms with Gasteiger partial charge in [0.1, 0.15) is 5.69 Å². The molecule has 3 heterocycles. The molecule has 0 radical (unpaired) electrons. The molecule has 0 aliphatic heterocycles. The number of amides is 2. The minimum atomic E-state index is -4.67. The van der Waals surface area contributed by atoms with Gasteiger partial charge in [-0.2, -0.15) is 18.3 Å². The quantitative estimate of drug-likeness (QED) is 0.382. The Morgan fingerprint density at radius 1 is 1.19 bits per heavy atom. The number of hydrogen-bond donors (Lipinski definition) is 2. The number of carbonyl (C=O) groups excluding carboxylic acids is 2. The topological polar surface area (TPSA) is 134 Å². The normalized spacial score (nSPS) is 11.5. The molecule has 2 amide bonds. The minimum Gasteiger partial charge on any atom is -0.366 e. The molecule has 0 spiro atoms. The van der Waals surface area contributed by atoms with Gasteiger partial charge in [0.15, 0.2) is 11.5 Å². The van der Waals surface area contributed by atoms with Crippen molar-refractivity contribution < 1.29 is 22.8 Å². The molecular formula is C21H15Cl2F3N8O2. The van der Waals surface area contributed by atoms with Gasteiger partial charge < -0.3 is 11.1 Å². The van der Waals surface area contributed by atoms with E-state index in [4.69, 9.17) is 28.9 Å². The summed E-state index contributed by atoms with van der Waals surface area (Å²) in [5.41, 5.74) is 4.92. The summed E-state index contributed by atoms with van der Waals surface area (Å²) in [6, 6.07) is 7.26. The Morgan fingerprint density at radius 3 is 2.58 bits per heavy atom. The summed E-state index contributed by atoms with van der Waals surface area (Å²) in [4.78, 5) is 29.4. The Balaban J connectivity index is 1.75. The molecule has 0 saturated carbocycles. The fourth-order valence-electron chi connectivity index (χ4n) is 3.32. The summed E-state index contributed by atoms with van der Waals surface area (Å²) in [7, 11) is 0. The fourth-order valence-corrected chi connectivity index (χ4v) is 3.79. The number of pyridine rings is 1. The molecule has 36 heavy (non-hydrogen) atoms. The Kier molecular flexibility index (Phi) is 6.69. The minimum absolute atomic E-state index is 0.0159. The number of aromatic nitrogens is 6. The van der Waals surface area contributed by atoms with Crippen molar-refractivity contribution in [3.8, 4) is 5.82 Å². The van der Waals surface area contributed by atoms with E-state index in [1.165, 1.54) is 30.5 Å². The Morgan fingerprint density at radius 2 is 1.94 bits per heavy atom. The zero-order valence-corrected chi connectivity index (χ0v) is 19.7. The molecule has 10 nitrogen and oxygen atoms in total. The number of anilines is 1. The van der Waals surface area contributed by atoms with Crippen molar-refractivity contribution in [2.24, 2.45) is 5.73 Å². The van der Waals surface area contributed by atoms with Crippen LogP contribution in [0.15, 0.2) is 42.7 Å². The van der Waals surface area contributed by atoms with E-state index in [-0.39, 0.29) is 45.0 Å². The Labute approximate surface area is 210 Å². The molecule has 0 aliphatic rings. The maximum Gasteiger partial charge on any atom is 0.436 e. The van der Waals surface area contributed by atoms with Gasteiger partial charge in [-0.05, 0) is 42.8 Å². The lowest BCUT2D eigenvalue weighted by atomic mass is 10.1. The predicted molar refractivity (Wildman–Crippen MR) is 123 cm³/mol. The first-order chi connectivity index (χ1) is 16.9. The number of rotatable bonds is 6. The number of aryl methyl sites for hydroxylation is 1. The molecule has 1 aromatic carbocycles. The lowest BCUT2D eigenvalue weighted by Crippen LogP contribution is -2.21. The van der Waals surface area contributed by atoms with E-state index < -0.39 is 23.7 Å². The van der Waals surface area contributed by atoms with Crippen molar-refractivity contribution in [1.29, 1.82) is 0 Å². The van der Waals surface area contributed by atoms with E-state index in [1.807, 2.05) is 0 Å². The molecule has 0 atom stereocenters. The van der Waals surface area contributed by atoms with Crippen molar-refractivity contribution in [2.45, 2.75) is 19.6 Å². The van der Waals surface area contributed by atoms with Crippen LogP contribution < -0.4 is 11.1 Å². The number of benzene rings is 1. The van der Waals surface area contributed by atoms with Gasteiger partial charge in [-0.3, -0.25) is 9.59 Å². The van der Waals surface area contributed by atoms with Crippen molar-refractivity contribution in [3.05, 3.63) is 81.0 Å². The van der Waals surface area contributed by atoms with Crippen LogP contribution in [0.4, 0.5) is 18.9 Å². The second kappa shape index (κ2) is 9.59. The van der Waals surface area contributed by atoms with Gasteiger partial charge in [0.25, 0.3) is 11.8 Å². The van der Waals surface area contributed by atoms with Gasteiger partial charge in [0, 0.05) is 11.2 Å². The van der Waals surface area contributed by atoms with E-state index in [2.05, 4.69) is 25.7 Å². The number of nitrogens with one attached hydrogen (secondary N) is 1. The summed E-state index contributed by atoms with van der Waals surface area (Å²) in [6.45, 7) is 1.38. The highest BCUT2D eigenvalue weighted by Gasteiger charge is 2.34. The summed E-state index contributed by atoms with van der Waals surface area (Å²) >= 11 is 12.3. The molecule has 186 valence electrons. The monoisotopic (exact) mass is 538 g/mol. The lowest BCUT2D eigenvalue weighted by Gasteiger charge is -2.13. The van der Waals surface area contributed by atoms with Crippen molar-refractivity contribution in [3.63, 3.8) is 0 Å². The van der Waals surface area contributed by atoms with Crippen molar-refractivity contribution in [1.82, 2.24) is 29.8 Å². The van der Waals surface area contributed by atoms with Gasteiger partial charge >= 0.3 is 6.18 Å². The molecule has 0 bridgehead atoms. The lowest BCUT2D eigenvalue weighted by molar-refractivity contribution is -0.141. The zero-order valence-electron chi connectivity index (χ0n) is 18.2. The third-order valence-electron chi connectivity index (χ3n) is 4.89. The third kappa shape index (κ3) is 5.16. The molecule has 3 N–H and O–H groups in total. The number of alkyl halides is 3. The zero-order chi connectivity index (χ0) is 26.2. The molecule has 4 rings (SSSR count). The highest BCUT2D eigenvalue weighted by molar-refractivity contribution is 6.32. The molecule has 3 aromatic heterocycles. The number of hydrogen-bond acceptors (Lipinski definition) is 6. The first-order valence-electron chi connectivity index (χ1n) is 10.0. The second-order valence-corrected chi connectivity index (χ2v) is 8.35. The molecular weight excluding hydrogens is 524 g/mol. The van der Waals surface area contributed by atoms with E-state index in [1.54, 1.807) is 13.0 Å². The maximum atomic E-state index is 13.3. The summed E-state index contributed by atoms with van der Waals surface area (Å²) in [5, 5.41) is 13.9. The van der Waals surface area contributed by atoms with Crippen molar-refractivity contribution >= 4 is 40.7 Å². The summed E-state index contributed by atoms with van der Waals surface area (Å²) in [5.74, 6) is -1.45. The molecule has 4 aromatic rings. The maximum absolute atomic E-state index is 13.3. The number of carbonyl (C=O) groups is 2. The van der Waals surface area contributed by atoms with Crippen LogP contribution in [-0.4, -0.2) is 41.6 Å². The molecule has 0 fully saturated rings. The average molecular weight is 539 g/mol. The Bertz CT molecular complexity index is 1480. The smallest absolute Gasteiger partial charge is 0.366 e. The number of nitrogens with zero attached hydrogens (tertiary/aromatic N) is 6.